The Morgan fingerprint density at radius 2 is 2.35 bits per heavy atom. The highest BCUT2D eigenvalue weighted by molar-refractivity contribution is 5.75. The minimum atomic E-state index is -0.716. The third-order valence-corrected chi connectivity index (χ3v) is 3.00. The van der Waals surface area contributed by atoms with Crippen LogP contribution >= 0.6 is 0 Å². The molecule has 0 fully saturated rings. The lowest BCUT2D eigenvalue weighted by atomic mass is 10.1. The Balaban J connectivity index is 2.28. The smallest absolute Gasteiger partial charge is 0.309 e. The summed E-state index contributed by atoms with van der Waals surface area (Å²) in [6.07, 6.45) is 0.670. The van der Waals surface area contributed by atoms with Gasteiger partial charge in [0.15, 0.2) is 11.6 Å². The number of carbonyl (C=O) groups is 1. The lowest BCUT2D eigenvalue weighted by Crippen LogP contribution is -2.17. The summed E-state index contributed by atoms with van der Waals surface area (Å²) in [5.41, 5.74) is 6.52. The van der Waals surface area contributed by atoms with Crippen molar-refractivity contribution in [3.05, 3.63) is 23.0 Å². The number of fused-ring (bicyclic) bond motifs is 1. The first-order valence-electron chi connectivity index (χ1n) is 5.49. The molecule has 17 heavy (non-hydrogen) atoms. The predicted molar refractivity (Wildman–Crippen MR) is 60.0 cm³/mol. The largest absolute Gasteiger partial charge is 0.503 e. The molecule has 1 aliphatic carbocycles. The first-order chi connectivity index (χ1) is 8.04. The van der Waals surface area contributed by atoms with E-state index < -0.39 is 11.6 Å². The Morgan fingerprint density at radius 1 is 1.65 bits per heavy atom. The number of phenolic OH excluding ortho intramolecular Hbond substituents is 1. The molecule has 0 amide bonds. The van der Waals surface area contributed by atoms with Gasteiger partial charge in [0.05, 0.1) is 18.2 Å². The van der Waals surface area contributed by atoms with Crippen LogP contribution in [0.15, 0.2) is 6.07 Å². The molecule has 1 unspecified atom stereocenters. The van der Waals surface area contributed by atoms with Crippen LogP contribution in [0, 0.1) is 11.7 Å². The van der Waals surface area contributed by atoms with E-state index in [1.54, 1.807) is 6.92 Å². The second-order valence-corrected chi connectivity index (χ2v) is 4.12. The summed E-state index contributed by atoms with van der Waals surface area (Å²) in [5.74, 6) is -1.96. The molecule has 1 atom stereocenters. The molecule has 0 spiro atoms. The van der Waals surface area contributed by atoms with E-state index in [0.29, 0.717) is 24.2 Å². The van der Waals surface area contributed by atoms with E-state index in [9.17, 15) is 14.3 Å². The fourth-order valence-electron chi connectivity index (χ4n) is 2.17. The molecule has 3 N–H and O–H groups in total. The second kappa shape index (κ2) is 4.24. The van der Waals surface area contributed by atoms with Crippen molar-refractivity contribution < 1.29 is 19.0 Å². The lowest BCUT2D eigenvalue weighted by molar-refractivity contribution is -0.147. The lowest BCUT2D eigenvalue weighted by Gasteiger charge is -2.07. The number of benzene rings is 1. The number of anilines is 1. The second-order valence-electron chi connectivity index (χ2n) is 4.12. The molecule has 1 aromatic carbocycles. The van der Waals surface area contributed by atoms with Gasteiger partial charge in [0.2, 0.25) is 0 Å². The van der Waals surface area contributed by atoms with Crippen LogP contribution in [0.4, 0.5) is 10.1 Å². The van der Waals surface area contributed by atoms with E-state index in [-0.39, 0.29) is 24.0 Å². The average Bonchev–Trinajstić information content (AvgIpc) is 2.70. The summed E-state index contributed by atoms with van der Waals surface area (Å²) in [4.78, 5) is 11.6. The maximum absolute atomic E-state index is 13.7. The summed E-state index contributed by atoms with van der Waals surface area (Å²) in [6, 6.07) is 1.52. The van der Waals surface area contributed by atoms with Crippen LogP contribution in [0.25, 0.3) is 0 Å². The molecule has 1 aliphatic rings. The monoisotopic (exact) mass is 239 g/mol. The Kier molecular flexibility index (Phi) is 2.92. The molecule has 2 rings (SSSR count). The number of nitrogens with two attached hydrogens (primary N) is 1. The number of carbonyl (C=O) groups excluding carboxylic acids is 1. The summed E-state index contributed by atoms with van der Waals surface area (Å²) >= 11 is 0. The van der Waals surface area contributed by atoms with Crippen LogP contribution in [0.3, 0.4) is 0 Å². The minimum absolute atomic E-state index is 0.00533. The van der Waals surface area contributed by atoms with Crippen molar-refractivity contribution in [1.29, 1.82) is 0 Å². The van der Waals surface area contributed by atoms with Gasteiger partial charge in [-0.3, -0.25) is 4.79 Å². The number of halogens is 1. The normalized spacial score (nSPS) is 17.9. The standard InChI is InChI=1S/C12H14FNO3/c1-2-17-12(16)7-3-6-5-9(14)11(15)10(13)8(6)4-7/h5,7,15H,2-4,14H2,1H3. The van der Waals surface area contributed by atoms with Crippen LogP contribution < -0.4 is 5.73 Å². The zero-order valence-corrected chi connectivity index (χ0v) is 9.50. The van der Waals surface area contributed by atoms with Crippen LogP contribution in [-0.2, 0) is 22.4 Å². The van der Waals surface area contributed by atoms with Crippen molar-refractivity contribution in [2.24, 2.45) is 5.92 Å². The highest BCUT2D eigenvalue weighted by Gasteiger charge is 2.32. The maximum atomic E-state index is 13.7. The van der Waals surface area contributed by atoms with Crippen LogP contribution in [0.1, 0.15) is 18.1 Å². The van der Waals surface area contributed by atoms with Gasteiger partial charge in [-0.05, 0) is 37.0 Å². The topological polar surface area (TPSA) is 72.5 Å². The molecule has 5 heteroatoms. The van der Waals surface area contributed by atoms with Crippen molar-refractivity contribution in [3.8, 4) is 5.75 Å². The molecular weight excluding hydrogens is 225 g/mol. The zero-order valence-electron chi connectivity index (χ0n) is 9.50. The molecule has 0 saturated heterocycles. The number of nitrogen functional groups attached to an aromatic ring is 1. The van der Waals surface area contributed by atoms with Gasteiger partial charge in [-0.1, -0.05) is 0 Å². The first kappa shape index (κ1) is 11.7. The van der Waals surface area contributed by atoms with Crippen LogP contribution in [-0.4, -0.2) is 17.7 Å². The van der Waals surface area contributed by atoms with Gasteiger partial charge in [0.1, 0.15) is 0 Å². The Hall–Kier alpha value is -1.78. The minimum Gasteiger partial charge on any atom is -0.503 e. The summed E-state index contributed by atoms with van der Waals surface area (Å²) in [6.45, 7) is 2.03. The number of aromatic hydroxyl groups is 1. The summed E-state index contributed by atoms with van der Waals surface area (Å²) in [5, 5.41) is 9.38. The Labute approximate surface area is 98.2 Å². The van der Waals surface area contributed by atoms with Gasteiger partial charge in [-0.2, -0.15) is 0 Å². The highest BCUT2D eigenvalue weighted by atomic mass is 19.1. The van der Waals surface area contributed by atoms with Crippen molar-refractivity contribution in [3.63, 3.8) is 0 Å². The molecule has 0 aromatic heterocycles. The number of rotatable bonds is 2. The summed E-state index contributed by atoms with van der Waals surface area (Å²) < 4.78 is 18.6. The van der Waals surface area contributed by atoms with Crippen molar-refractivity contribution in [2.45, 2.75) is 19.8 Å². The summed E-state index contributed by atoms with van der Waals surface area (Å²) in [7, 11) is 0. The van der Waals surface area contributed by atoms with E-state index in [1.165, 1.54) is 6.07 Å². The molecule has 0 heterocycles. The molecule has 0 saturated carbocycles. The van der Waals surface area contributed by atoms with E-state index in [1.807, 2.05) is 0 Å². The fraction of sp³-hybridized carbons (Fsp3) is 0.417. The van der Waals surface area contributed by atoms with E-state index >= 15 is 0 Å². The fourth-order valence-corrected chi connectivity index (χ4v) is 2.17. The zero-order chi connectivity index (χ0) is 12.6. The van der Waals surface area contributed by atoms with Gasteiger partial charge in [-0.25, -0.2) is 4.39 Å². The molecular formula is C12H14FNO3. The molecule has 0 aliphatic heterocycles. The van der Waals surface area contributed by atoms with Gasteiger partial charge < -0.3 is 15.6 Å². The molecule has 4 nitrogen and oxygen atoms in total. The number of esters is 1. The molecule has 1 aromatic rings. The number of ether oxygens (including phenoxy) is 1. The third kappa shape index (κ3) is 1.92. The van der Waals surface area contributed by atoms with Crippen molar-refractivity contribution >= 4 is 11.7 Å². The van der Waals surface area contributed by atoms with E-state index in [2.05, 4.69) is 0 Å². The van der Waals surface area contributed by atoms with E-state index in [4.69, 9.17) is 10.5 Å². The van der Waals surface area contributed by atoms with Gasteiger partial charge in [0.25, 0.3) is 0 Å². The van der Waals surface area contributed by atoms with Gasteiger partial charge in [0, 0.05) is 0 Å². The predicted octanol–water partition coefficient (Wildman–Crippen LogP) is 1.39. The first-order valence-corrected chi connectivity index (χ1v) is 5.49. The highest BCUT2D eigenvalue weighted by Crippen LogP contribution is 2.37. The Bertz CT molecular complexity index is 473. The Morgan fingerprint density at radius 3 is 3.00 bits per heavy atom. The number of phenols is 1. The number of hydrogen-bond donors (Lipinski definition) is 2. The third-order valence-electron chi connectivity index (χ3n) is 3.00. The van der Waals surface area contributed by atoms with Gasteiger partial charge in [-0.15, -0.1) is 0 Å². The SMILES string of the molecule is CCOC(=O)C1Cc2cc(N)c(O)c(F)c2C1. The molecule has 0 bridgehead atoms. The van der Waals surface area contributed by atoms with Crippen molar-refractivity contribution in [1.82, 2.24) is 0 Å². The quantitative estimate of drug-likeness (QED) is 0.464. The molecule has 92 valence electrons. The maximum Gasteiger partial charge on any atom is 0.309 e. The van der Waals surface area contributed by atoms with Crippen LogP contribution in [0.5, 0.6) is 5.75 Å². The molecule has 0 radical (unpaired) electrons. The van der Waals surface area contributed by atoms with Crippen LogP contribution in [0.2, 0.25) is 0 Å². The van der Waals surface area contributed by atoms with E-state index in [0.717, 1.165) is 0 Å². The number of hydrogen-bond acceptors (Lipinski definition) is 4. The average molecular weight is 239 g/mol. The van der Waals surface area contributed by atoms with Gasteiger partial charge >= 0.3 is 5.97 Å². The van der Waals surface area contributed by atoms with Crippen molar-refractivity contribution in [2.75, 3.05) is 12.3 Å².